The minimum absolute atomic E-state index is 0.0870. The molecule has 0 saturated carbocycles. The minimum Gasteiger partial charge on any atom is -0.370 e. The Morgan fingerprint density at radius 2 is 2.00 bits per heavy atom. The van der Waals surface area contributed by atoms with Gasteiger partial charge in [0.25, 0.3) is 0 Å². The van der Waals surface area contributed by atoms with Crippen molar-refractivity contribution in [3.05, 3.63) is 36.4 Å². The maximum atomic E-state index is 13.1. The molecule has 2 saturated heterocycles. The fourth-order valence-corrected chi connectivity index (χ4v) is 3.54. The van der Waals surface area contributed by atoms with E-state index in [0.29, 0.717) is 19.6 Å². The number of amides is 1. The van der Waals surface area contributed by atoms with E-state index in [2.05, 4.69) is 31.3 Å². The number of aromatic nitrogens is 4. The number of halogens is 1. The molecule has 1 amide bonds. The number of carbonyl (C=O) groups excluding carboxylic acids is 1. The average molecular weight is 360 g/mol. The van der Waals surface area contributed by atoms with E-state index in [1.54, 1.807) is 16.8 Å². The molecule has 0 bridgehead atoms. The molecule has 2 aromatic rings. The maximum Gasteiger partial charge on any atom is 0.230 e. The predicted molar refractivity (Wildman–Crippen MR) is 91.3 cm³/mol. The second kappa shape index (κ2) is 7.34. The number of hydrogen-bond acceptors (Lipinski definition) is 7. The summed E-state index contributed by atoms with van der Waals surface area (Å²) in [5, 5.41) is 11.2. The summed E-state index contributed by atoms with van der Waals surface area (Å²) < 4.78 is 14.7. The third kappa shape index (κ3) is 3.37. The first-order valence-electron chi connectivity index (χ1n) is 8.72. The van der Waals surface area contributed by atoms with E-state index in [1.807, 2.05) is 4.90 Å². The highest BCUT2D eigenvalue weighted by Gasteiger charge is 2.37. The molecule has 26 heavy (non-hydrogen) atoms. The first-order valence-corrected chi connectivity index (χ1v) is 8.72. The van der Waals surface area contributed by atoms with Gasteiger partial charge in [0.05, 0.1) is 5.92 Å². The molecule has 0 spiro atoms. The lowest BCUT2D eigenvalue weighted by Gasteiger charge is -2.27. The number of benzene rings is 1. The van der Waals surface area contributed by atoms with Crippen LogP contribution < -0.4 is 15.8 Å². The van der Waals surface area contributed by atoms with Gasteiger partial charge in [-0.15, -0.1) is 5.10 Å². The van der Waals surface area contributed by atoms with Crippen molar-refractivity contribution in [2.75, 3.05) is 37.6 Å². The average Bonchev–Trinajstić information content (AvgIpc) is 3.29. The monoisotopic (exact) mass is 360 g/mol. The molecule has 138 valence electrons. The highest BCUT2D eigenvalue weighted by molar-refractivity contribution is 5.80. The zero-order valence-electron chi connectivity index (χ0n) is 14.3. The van der Waals surface area contributed by atoms with Gasteiger partial charge in [-0.2, -0.15) is 0 Å². The third-order valence-corrected chi connectivity index (χ3v) is 4.92. The molecule has 1 aromatic heterocycles. The Bertz CT molecular complexity index is 737. The number of nitrogens with zero attached hydrogens (tertiary/aromatic N) is 6. The molecule has 2 unspecified atom stereocenters. The van der Waals surface area contributed by atoms with Crippen LogP contribution >= 0.6 is 0 Å². The van der Waals surface area contributed by atoms with Gasteiger partial charge in [0.2, 0.25) is 5.91 Å². The summed E-state index contributed by atoms with van der Waals surface area (Å²) in [4.78, 5) is 17.1. The first kappa shape index (κ1) is 16.9. The van der Waals surface area contributed by atoms with Crippen LogP contribution in [0.2, 0.25) is 0 Å². The largest absolute Gasteiger partial charge is 0.370 e. The van der Waals surface area contributed by atoms with Crippen LogP contribution in [0.25, 0.3) is 0 Å². The van der Waals surface area contributed by atoms with Crippen LogP contribution in [0.15, 0.2) is 30.6 Å². The second-order valence-corrected chi connectivity index (χ2v) is 6.51. The molecule has 2 fully saturated rings. The van der Waals surface area contributed by atoms with E-state index in [4.69, 9.17) is 0 Å². The number of nitrogens with one attached hydrogen (secondary N) is 2. The Hall–Kier alpha value is -2.59. The van der Waals surface area contributed by atoms with Crippen molar-refractivity contribution in [1.29, 1.82) is 0 Å². The van der Waals surface area contributed by atoms with Gasteiger partial charge in [-0.1, -0.05) is 0 Å². The number of hydrazine groups is 1. The fourth-order valence-electron chi connectivity index (χ4n) is 3.54. The molecule has 1 aromatic carbocycles. The third-order valence-electron chi connectivity index (χ3n) is 4.92. The van der Waals surface area contributed by atoms with Crippen LogP contribution in [0.4, 0.5) is 10.1 Å². The molecule has 2 N–H and O–H groups in total. The van der Waals surface area contributed by atoms with E-state index in [1.165, 1.54) is 18.5 Å². The second-order valence-electron chi connectivity index (χ2n) is 6.51. The van der Waals surface area contributed by atoms with Crippen LogP contribution in [0.3, 0.4) is 0 Å². The Labute approximate surface area is 150 Å². The first-order chi connectivity index (χ1) is 12.7. The molecular weight excluding hydrogens is 339 g/mol. The van der Waals surface area contributed by atoms with Crippen molar-refractivity contribution in [1.82, 2.24) is 36.0 Å². The molecule has 2 aliphatic rings. The van der Waals surface area contributed by atoms with E-state index in [0.717, 1.165) is 25.2 Å². The van der Waals surface area contributed by atoms with E-state index < -0.39 is 0 Å². The van der Waals surface area contributed by atoms with E-state index >= 15 is 0 Å². The quantitative estimate of drug-likeness (QED) is 0.782. The van der Waals surface area contributed by atoms with Crippen molar-refractivity contribution >= 4 is 11.6 Å². The summed E-state index contributed by atoms with van der Waals surface area (Å²) in [5.74, 6) is -0.421. The molecule has 10 heteroatoms. The predicted octanol–water partition coefficient (Wildman–Crippen LogP) is -0.226. The Morgan fingerprint density at radius 3 is 2.77 bits per heavy atom. The molecule has 4 rings (SSSR count). The maximum absolute atomic E-state index is 13.1. The summed E-state index contributed by atoms with van der Waals surface area (Å²) in [6.07, 6.45) is 2.07. The van der Waals surface area contributed by atoms with Crippen LogP contribution in [0.5, 0.6) is 0 Å². The summed E-state index contributed by atoms with van der Waals surface area (Å²) in [7, 11) is 0. The lowest BCUT2D eigenvalue weighted by Crippen LogP contribution is -2.42. The van der Waals surface area contributed by atoms with Gasteiger partial charge in [-0.3, -0.25) is 10.2 Å². The number of anilines is 1. The van der Waals surface area contributed by atoms with Crippen LogP contribution in [0, 0.1) is 11.7 Å². The van der Waals surface area contributed by atoms with Gasteiger partial charge in [0.1, 0.15) is 18.3 Å². The number of rotatable bonds is 3. The summed E-state index contributed by atoms with van der Waals surface area (Å²) in [6, 6.07) is 6.50. The molecule has 0 radical (unpaired) electrons. The summed E-state index contributed by atoms with van der Waals surface area (Å²) >= 11 is 0. The zero-order chi connectivity index (χ0) is 17.9. The molecule has 9 nitrogen and oxygen atoms in total. The van der Waals surface area contributed by atoms with Crippen LogP contribution in [-0.4, -0.2) is 63.7 Å². The van der Waals surface area contributed by atoms with Crippen molar-refractivity contribution in [2.24, 2.45) is 5.92 Å². The standard InChI is InChI=1S/C16H21FN8O/c17-12-2-4-13(5-3-12)23-6-1-7-24(9-8-23)16(26)14-10-18-20-15(14)25-11-19-21-22-25/h2-5,11,14-15,18,20H,1,6-10H2. The van der Waals surface area contributed by atoms with E-state index in [-0.39, 0.29) is 23.8 Å². The van der Waals surface area contributed by atoms with Crippen molar-refractivity contribution in [3.63, 3.8) is 0 Å². The topological polar surface area (TPSA) is 91.2 Å². The number of carbonyl (C=O) groups is 1. The molecule has 3 heterocycles. The SMILES string of the molecule is O=C(C1CNNC1n1cnnn1)N1CCCN(c2ccc(F)cc2)CC1. The van der Waals surface area contributed by atoms with Crippen molar-refractivity contribution in [3.8, 4) is 0 Å². The van der Waals surface area contributed by atoms with Gasteiger partial charge in [0, 0.05) is 38.4 Å². The molecule has 2 aliphatic heterocycles. The van der Waals surface area contributed by atoms with Crippen LogP contribution in [0.1, 0.15) is 12.6 Å². The smallest absolute Gasteiger partial charge is 0.230 e. The minimum atomic E-state index is -0.297. The lowest BCUT2D eigenvalue weighted by atomic mass is 10.1. The normalized spacial score (nSPS) is 23.9. The lowest BCUT2D eigenvalue weighted by molar-refractivity contribution is -0.136. The number of tetrazole rings is 1. The number of hydrogen-bond donors (Lipinski definition) is 2. The highest BCUT2D eigenvalue weighted by Crippen LogP contribution is 2.22. The Kier molecular flexibility index (Phi) is 4.76. The van der Waals surface area contributed by atoms with E-state index in [9.17, 15) is 9.18 Å². The summed E-state index contributed by atoms with van der Waals surface area (Å²) in [6.45, 7) is 3.43. The summed E-state index contributed by atoms with van der Waals surface area (Å²) in [5.41, 5.74) is 7.07. The van der Waals surface area contributed by atoms with Gasteiger partial charge >= 0.3 is 0 Å². The van der Waals surface area contributed by atoms with Crippen LogP contribution in [-0.2, 0) is 4.79 Å². The highest BCUT2D eigenvalue weighted by atomic mass is 19.1. The van der Waals surface area contributed by atoms with Crippen molar-refractivity contribution < 1.29 is 9.18 Å². The Morgan fingerprint density at radius 1 is 1.15 bits per heavy atom. The Balaban J connectivity index is 1.42. The zero-order valence-corrected chi connectivity index (χ0v) is 14.3. The molecular formula is C16H21FN8O. The molecule has 2 atom stereocenters. The fraction of sp³-hybridized carbons (Fsp3) is 0.500. The molecule has 0 aliphatic carbocycles. The van der Waals surface area contributed by atoms with Gasteiger partial charge in [-0.25, -0.2) is 14.5 Å². The van der Waals surface area contributed by atoms with Gasteiger partial charge in [0.15, 0.2) is 0 Å². The van der Waals surface area contributed by atoms with Gasteiger partial charge < -0.3 is 9.80 Å². The van der Waals surface area contributed by atoms with Gasteiger partial charge in [-0.05, 0) is 41.1 Å². The van der Waals surface area contributed by atoms with Crippen molar-refractivity contribution in [2.45, 2.75) is 12.6 Å².